The minimum absolute atomic E-state index is 0.114. The molecule has 5 heterocycles. The van der Waals surface area contributed by atoms with Gasteiger partial charge in [0.05, 0.1) is 73.0 Å². The third kappa shape index (κ3) is 8.91. The van der Waals surface area contributed by atoms with Crippen molar-refractivity contribution in [3.8, 4) is 33.8 Å². The number of benzene rings is 2. The van der Waals surface area contributed by atoms with Crippen LogP contribution >= 0.6 is 0 Å². The minimum atomic E-state index is -0.698. The van der Waals surface area contributed by atoms with Gasteiger partial charge < -0.3 is 39.9 Å². The molecule has 2 fully saturated rings. The molecule has 0 spiro atoms. The number of carbonyl (C=O) groups excluding carboxylic acids is 4. The van der Waals surface area contributed by atoms with E-state index < -0.39 is 24.3 Å². The first-order valence-electron chi connectivity index (χ1n) is 20.2. The van der Waals surface area contributed by atoms with Crippen LogP contribution < -0.4 is 10.6 Å². The largest absolute Gasteiger partial charge is 0.453 e. The van der Waals surface area contributed by atoms with Gasteiger partial charge in [0.25, 0.3) is 0 Å². The Morgan fingerprint density at radius 1 is 0.712 bits per heavy atom. The quantitative estimate of drug-likeness (QED) is 0.107. The van der Waals surface area contributed by atoms with Gasteiger partial charge in [-0.1, -0.05) is 58.0 Å². The van der Waals surface area contributed by atoms with E-state index in [1.807, 2.05) is 75.1 Å². The Hall–Kier alpha value is -6.32. The van der Waals surface area contributed by atoms with Gasteiger partial charge in [-0.05, 0) is 61.6 Å². The van der Waals surface area contributed by atoms with E-state index in [9.17, 15) is 19.2 Å². The first kappa shape index (κ1) is 40.9. The summed E-state index contributed by atoms with van der Waals surface area (Å²) in [5, 5.41) is 5.41. The second-order valence-electron chi connectivity index (χ2n) is 16.0. The summed E-state index contributed by atoms with van der Waals surface area (Å²) in [6.45, 7) is 8.99. The maximum absolute atomic E-state index is 13.7. The molecule has 4 amide bonds. The number of rotatable bonds is 12. The van der Waals surface area contributed by atoms with Gasteiger partial charge in [-0.3, -0.25) is 14.6 Å². The number of alkyl carbamates (subject to hydrolysis) is 2. The summed E-state index contributed by atoms with van der Waals surface area (Å²) in [7, 11) is 2.58. The molecule has 0 unspecified atom stereocenters. The summed E-state index contributed by atoms with van der Waals surface area (Å²) < 4.78 is 9.54. The number of ether oxygens (including phenoxy) is 2. The van der Waals surface area contributed by atoms with Crippen molar-refractivity contribution in [2.45, 2.75) is 84.0 Å². The van der Waals surface area contributed by atoms with Gasteiger partial charge in [0.15, 0.2) is 0 Å². The molecule has 4 N–H and O–H groups in total. The van der Waals surface area contributed by atoms with E-state index in [0.29, 0.717) is 31.2 Å². The molecule has 16 heteroatoms. The molecule has 5 aromatic rings. The Morgan fingerprint density at radius 3 is 1.86 bits per heavy atom. The van der Waals surface area contributed by atoms with Crippen molar-refractivity contribution in [1.82, 2.24) is 50.3 Å². The molecule has 0 saturated carbocycles. The van der Waals surface area contributed by atoms with E-state index in [-0.39, 0.29) is 35.7 Å². The summed E-state index contributed by atoms with van der Waals surface area (Å²) in [6, 6.07) is 12.1. The van der Waals surface area contributed by atoms with E-state index in [1.54, 1.807) is 23.5 Å². The van der Waals surface area contributed by atoms with Crippen molar-refractivity contribution >= 4 is 35.0 Å². The van der Waals surface area contributed by atoms with Crippen molar-refractivity contribution < 1.29 is 28.7 Å². The lowest BCUT2D eigenvalue weighted by atomic mass is 10.0. The molecule has 2 saturated heterocycles. The monoisotopic (exact) mass is 804 g/mol. The molecule has 2 aliphatic heterocycles. The lowest BCUT2D eigenvalue weighted by Gasteiger charge is -2.30. The zero-order chi connectivity index (χ0) is 41.8. The topological polar surface area (TPSA) is 200 Å². The highest BCUT2D eigenvalue weighted by Crippen LogP contribution is 2.35. The van der Waals surface area contributed by atoms with Gasteiger partial charge in [0.1, 0.15) is 23.7 Å². The van der Waals surface area contributed by atoms with E-state index >= 15 is 0 Å². The number of H-pyrrole nitrogens is 2. The predicted octanol–water partition coefficient (Wildman–Crippen LogP) is 6.56. The fourth-order valence-electron chi connectivity index (χ4n) is 8.05. The molecule has 3 aromatic heterocycles. The third-order valence-electron chi connectivity index (χ3n) is 11.1. The van der Waals surface area contributed by atoms with Crippen LogP contribution in [0.25, 0.3) is 44.8 Å². The summed E-state index contributed by atoms with van der Waals surface area (Å²) in [4.78, 5) is 80.7. The summed E-state index contributed by atoms with van der Waals surface area (Å²) >= 11 is 0. The van der Waals surface area contributed by atoms with Crippen LogP contribution in [0.5, 0.6) is 0 Å². The van der Waals surface area contributed by atoms with Gasteiger partial charge >= 0.3 is 12.2 Å². The van der Waals surface area contributed by atoms with Gasteiger partial charge in [-0.2, -0.15) is 0 Å². The second-order valence-corrected chi connectivity index (χ2v) is 16.0. The van der Waals surface area contributed by atoms with Crippen LogP contribution in [0.15, 0.2) is 61.1 Å². The van der Waals surface area contributed by atoms with Crippen LogP contribution in [0.3, 0.4) is 0 Å². The summed E-state index contributed by atoms with van der Waals surface area (Å²) in [5.41, 5.74) is 6.57. The van der Waals surface area contributed by atoms with Crippen LogP contribution in [0.4, 0.5) is 9.59 Å². The number of carbonyl (C=O) groups is 4. The number of amides is 4. The first-order valence-corrected chi connectivity index (χ1v) is 20.2. The lowest BCUT2D eigenvalue weighted by molar-refractivity contribution is -0.136. The second kappa shape index (κ2) is 17.7. The standard InChI is InChI=1S/C43H52N10O6/c1-24(2)19-31(50-42(56)58-5)40(54)52-17-7-9-35(52)38-46-23-34(49-38)28-15-16-29-30(20-28)44-21-32(47-29)26-11-13-27(14-12-26)33-22-45-39(48-33)36-10-8-18-53(36)41(55)37(25(3)4)51-43(57)59-6/h11-16,20-25,31,35-37H,7-10,17-19H2,1-6H3,(H,45,48)(H,46,49)(H,50,56)(H,51,57)/t31-,35-,36-,37-/m0/s1. The number of hydrogen-bond acceptors (Lipinski definition) is 10. The van der Waals surface area contributed by atoms with Crippen LogP contribution in [0, 0.1) is 11.8 Å². The maximum atomic E-state index is 13.7. The number of aromatic nitrogens is 6. The molecule has 0 aliphatic carbocycles. The van der Waals surface area contributed by atoms with Crippen molar-refractivity contribution in [3.63, 3.8) is 0 Å². The smallest absolute Gasteiger partial charge is 0.407 e. The number of fused-ring (bicyclic) bond motifs is 1. The number of nitrogens with one attached hydrogen (secondary N) is 4. The molecule has 4 atom stereocenters. The Labute approximate surface area is 342 Å². The molecular formula is C43H52N10O6. The number of methoxy groups -OCH3 is 2. The van der Waals surface area contributed by atoms with Crippen molar-refractivity contribution in [3.05, 3.63) is 72.7 Å². The zero-order valence-electron chi connectivity index (χ0n) is 34.3. The number of hydrogen-bond donors (Lipinski definition) is 4. The average Bonchev–Trinajstić information content (AvgIpc) is 4.08. The van der Waals surface area contributed by atoms with Gasteiger partial charge in [-0.15, -0.1) is 0 Å². The zero-order valence-corrected chi connectivity index (χ0v) is 34.3. The van der Waals surface area contributed by atoms with E-state index in [0.717, 1.165) is 70.5 Å². The third-order valence-corrected chi connectivity index (χ3v) is 11.1. The van der Waals surface area contributed by atoms with Crippen molar-refractivity contribution in [2.24, 2.45) is 11.8 Å². The van der Waals surface area contributed by atoms with Crippen molar-refractivity contribution in [1.29, 1.82) is 0 Å². The first-order chi connectivity index (χ1) is 28.4. The molecule has 59 heavy (non-hydrogen) atoms. The Balaban J connectivity index is 1.02. The van der Waals surface area contributed by atoms with Crippen LogP contribution in [-0.2, 0) is 19.1 Å². The molecule has 7 rings (SSSR count). The summed E-state index contributed by atoms with van der Waals surface area (Å²) in [6.07, 6.45) is 7.77. The fourth-order valence-corrected chi connectivity index (χ4v) is 8.05. The molecule has 0 radical (unpaired) electrons. The highest BCUT2D eigenvalue weighted by Gasteiger charge is 2.38. The molecule has 0 bridgehead atoms. The van der Waals surface area contributed by atoms with Gasteiger partial charge in [-0.25, -0.2) is 24.5 Å². The number of aromatic amines is 2. The van der Waals surface area contributed by atoms with Gasteiger partial charge in [0.2, 0.25) is 11.8 Å². The molecule has 16 nitrogen and oxygen atoms in total. The number of nitrogens with zero attached hydrogens (tertiary/aromatic N) is 6. The van der Waals surface area contributed by atoms with Crippen LogP contribution in [0.1, 0.15) is 83.5 Å². The van der Waals surface area contributed by atoms with Crippen LogP contribution in [-0.4, -0.2) is 103 Å². The average molecular weight is 805 g/mol. The SMILES string of the molecule is COC(=O)N[C@@H](CC(C)C)C(=O)N1CCC[C@H]1c1ncc(-c2ccc3nc(-c4ccc(-c5cnc([C@@H]6CCCN6C(=O)[C@@H](NC(=O)OC)C(C)C)[nH]5)cc4)cnc3c2)[nH]1. The maximum Gasteiger partial charge on any atom is 0.407 e. The van der Waals surface area contributed by atoms with E-state index in [1.165, 1.54) is 14.2 Å². The van der Waals surface area contributed by atoms with E-state index in [2.05, 4.69) is 30.6 Å². The number of likely N-dealkylation sites (tertiary alicyclic amines) is 2. The molecule has 2 aliphatic rings. The Bertz CT molecular complexity index is 2300. The normalized spacial score (nSPS) is 17.7. The molecule has 2 aromatic carbocycles. The van der Waals surface area contributed by atoms with Gasteiger partial charge in [0, 0.05) is 24.2 Å². The Kier molecular flexibility index (Phi) is 12.2. The number of imidazole rings is 2. The highest BCUT2D eigenvalue weighted by atomic mass is 16.5. The highest BCUT2D eigenvalue weighted by molar-refractivity contribution is 5.87. The van der Waals surface area contributed by atoms with Crippen LogP contribution in [0.2, 0.25) is 0 Å². The fraction of sp³-hybridized carbons (Fsp3) is 0.442. The minimum Gasteiger partial charge on any atom is -0.453 e. The Morgan fingerprint density at radius 2 is 1.27 bits per heavy atom. The summed E-state index contributed by atoms with van der Waals surface area (Å²) in [5.74, 6) is 1.20. The lowest BCUT2D eigenvalue weighted by Crippen LogP contribution is -2.51. The van der Waals surface area contributed by atoms with E-state index in [4.69, 9.17) is 19.4 Å². The van der Waals surface area contributed by atoms with Crippen molar-refractivity contribution in [2.75, 3.05) is 27.3 Å². The molecular weight excluding hydrogens is 753 g/mol. The predicted molar refractivity (Wildman–Crippen MR) is 220 cm³/mol. The molecule has 310 valence electrons.